The van der Waals surface area contributed by atoms with E-state index in [2.05, 4.69) is 31.9 Å². The highest BCUT2D eigenvalue weighted by Crippen LogP contribution is 2.46. The number of ether oxygens (including phenoxy) is 6. The van der Waals surface area contributed by atoms with Gasteiger partial charge >= 0.3 is 18.1 Å². The van der Waals surface area contributed by atoms with Crippen LogP contribution in [0.3, 0.4) is 0 Å². The molecule has 4 aromatic rings. The second kappa shape index (κ2) is 31.3. The zero-order valence-corrected chi connectivity index (χ0v) is 50.6. The van der Waals surface area contributed by atoms with Crippen LogP contribution >= 0.6 is 0 Å². The van der Waals surface area contributed by atoms with Crippen LogP contribution in [-0.4, -0.2) is 147 Å². The normalized spacial score (nSPS) is 16.2. The number of nitrogens with one attached hydrogen (secondary N) is 6. The molecule has 88 heavy (non-hydrogen) atoms. The lowest BCUT2D eigenvalue weighted by molar-refractivity contribution is -0.172. The van der Waals surface area contributed by atoms with Gasteiger partial charge in [0, 0.05) is 77.8 Å². The van der Waals surface area contributed by atoms with Gasteiger partial charge in [0.1, 0.15) is 36.9 Å². The number of alkyl carbamates (subject to hydrolysis) is 1. The summed E-state index contributed by atoms with van der Waals surface area (Å²) in [5.41, 5.74) is 12.2. The number of ketones is 1. The maximum atomic E-state index is 15.6. The van der Waals surface area contributed by atoms with Crippen LogP contribution in [0.15, 0.2) is 35.1 Å². The number of nitrogens with zero attached hydrogens (tertiary/aromatic N) is 2. The highest BCUT2D eigenvalue weighted by molar-refractivity contribution is 6.01. The summed E-state index contributed by atoms with van der Waals surface area (Å²) in [5.74, 6) is -4.14. The molecule has 478 valence electrons. The molecule has 0 radical (unpaired) electrons. The van der Waals surface area contributed by atoms with Gasteiger partial charge in [0.25, 0.3) is 11.5 Å². The molecule has 3 aliphatic rings. The number of fused-ring (bicyclic) bond motifs is 5. The number of amides is 7. The first kappa shape index (κ1) is 67.6. The lowest BCUT2D eigenvalue weighted by atomic mass is 9.81. The highest BCUT2D eigenvalue weighted by atomic mass is 19.1. The SMILES string of the molecule is CC[C@@]1(O)C(=O)OCc2c1cc1n(c2=O)Cc2c-1nc1cc(F)c(C)c3c1c2[C@@H](NC(=O)OCc1ccc(NC(=O)[C@H](CCCNC(N)=O)NC(=O)[C@@H](NC(=O)CCOCCOCCOCCOCCC(=O)C(C)C)C(C)C)cc1C(=O)NCCN)CC3. The number of benzene rings is 2. The number of hydrogen-bond acceptors (Lipinski definition) is 18. The van der Waals surface area contributed by atoms with E-state index in [4.69, 9.17) is 44.9 Å². The minimum Gasteiger partial charge on any atom is -0.458 e. The molecular formula is C61H81FN10O16. The van der Waals surface area contributed by atoms with Crippen molar-refractivity contribution < 1.29 is 76.3 Å². The summed E-state index contributed by atoms with van der Waals surface area (Å²) in [6.45, 7) is 12.0. The van der Waals surface area contributed by atoms with Gasteiger partial charge in [-0.1, -0.05) is 40.7 Å². The first-order valence-electron chi connectivity index (χ1n) is 29.7. The number of anilines is 1. The third-order valence-electron chi connectivity index (χ3n) is 15.7. The number of halogens is 1. The van der Waals surface area contributed by atoms with Crippen molar-refractivity contribution in [3.8, 4) is 11.4 Å². The second-order valence-electron chi connectivity index (χ2n) is 22.4. The summed E-state index contributed by atoms with van der Waals surface area (Å²) in [5, 5.41) is 28.4. The van der Waals surface area contributed by atoms with Crippen LogP contribution in [0.4, 0.5) is 19.7 Å². The number of esters is 1. The van der Waals surface area contributed by atoms with E-state index in [-0.39, 0.29) is 123 Å². The third-order valence-corrected chi connectivity index (χ3v) is 15.7. The molecule has 26 nitrogen and oxygen atoms in total. The van der Waals surface area contributed by atoms with E-state index in [9.17, 15) is 48.3 Å². The number of carbonyl (C=O) groups is 8. The number of hydrogen-bond donors (Lipinski definition) is 9. The maximum absolute atomic E-state index is 15.6. The van der Waals surface area contributed by atoms with E-state index in [0.717, 1.165) is 0 Å². The predicted octanol–water partition coefficient (Wildman–Crippen LogP) is 3.21. The number of rotatable bonds is 33. The molecule has 0 fully saturated rings. The number of urea groups is 1. The molecule has 0 spiro atoms. The number of aryl methyl sites for hydroxylation is 1. The summed E-state index contributed by atoms with van der Waals surface area (Å²) in [6.07, 6.45) is 0.172. The first-order valence-corrected chi connectivity index (χ1v) is 29.7. The van der Waals surface area contributed by atoms with E-state index >= 15 is 4.39 Å². The summed E-state index contributed by atoms with van der Waals surface area (Å²) in [7, 11) is 0. The quantitative estimate of drug-likeness (QED) is 0.0215. The molecular weight excluding hydrogens is 1150 g/mol. The average Bonchev–Trinajstić information content (AvgIpc) is 1.58. The lowest BCUT2D eigenvalue weighted by Crippen LogP contribution is -2.54. The monoisotopic (exact) mass is 1230 g/mol. The molecule has 1 aliphatic carbocycles. The van der Waals surface area contributed by atoms with Gasteiger partial charge in [-0.2, -0.15) is 0 Å². The van der Waals surface area contributed by atoms with Crippen molar-refractivity contribution in [1.29, 1.82) is 0 Å². The third kappa shape index (κ3) is 16.6. The molecule has 7 amide bonds. The zero-order valence-electron chi connectivity index (χ0n) is 50.6. The number of primary amides is 1. The number of aromatic nitrogens is 2. The molecule has 11 N–H and O–H groups in total. The van der Waals surface area contributed by atoms with Crippen molar-refractivity contribution >= 4 is 64.1 Å². The molecule has 0 bridgehead atoms. The van der Waals surface area contributed by atoms with Gasteiger partial charge < -0.3 is 81.5 Å². The molecule has 2 aromatic heterocycles. The Kier molecular flexibility index (Phi) is 24.0. The minimum absolute atomic E-state index is 0.00475. The Balaban J connectivity index is 0.982. The Morgan fingerprint density at radius 3 is 2.19 bits per heavy atom. The van der Waals surface area contributed by atoms with Gasteiger partial charge in [0.05, 0.1) is 87.9 Å². The standard InChI is InChI=1S/C61H81FN10O16/c1-7-61(82)42-28-47-53-40(30-72(47)57(78)41(42)32-87-58(61)79)51-44(13-12-38-35(6)43(62)29-46(68-53)50(38)51)70-60(81)88-31-36-10-11-37(27-39(36)54(75)65-18-16-63)67-55(76)45(9-8-17-66-59(64)80)69-56(77)52(34(4)5)71-49(74)15-20-84-22-24-86-26-25-85-23-21-83-19-14-48(73)33(2)3/h10-11,27-29,33-34,44-45,52,82H,7-9,12-26,30-32,63H2,1-6H3,(H,65,75)(H,67,76)(H,69,77)(H,70,81)(H,71,74)(H3,64,66,80)/t44-,45-,52-,61-/m0/s1. The number of cyclic esters (lactones) is 1. The van der Waals surface area contributed by atoms with Crippen LogP contribution in [0.2, 0.25) is 0 Å². The van der Waals surface area contributed by atoms with E-state index < -0.39 is 89.4 Å². The molecule has 4 heterocycles. The smallest absolute Gasteiger partial charge is 0.407 e. The molecule has 0 saturated carbocycles. The average molecular weight is 1230 g/mol. The van der Waals surface area contributed by atoms with Crippen LogP contribution in [0.5, 0.6) is 0 Å². The predicted molar refractivity (Wildman–Crippen MR) is 318 cm³/mol. The molecule has 7 rings (SSSR count). The fourth-order valence-corrected chi connectivity index (χ4v) is 10.7. The van der Waals surface area contributed by atoms with Crippen molar-refractivity contribution in [2.75, 3.05) is 77.8 Å². The largest absolute Gasteiger partial charge is 0.458 e. The molecule has 0 saturated heterocycles. The minimum atomic E-state index is -2.08. The van der Waals surface area contributed by atoms with Crippen molar-refractivity contribution in [3.05, 3.63) is 91.0 Å². The lowest BCUT2D eigenvalue weighted by Gasteiger charge is -2.31. The van der Waals surface area contributed by atoms with Crippen molar-refractivity contribution in [1.82, 2.24) is 36.1 Å². The van der Waals surface area contributed by atoms with Crippen LogP contribution in [0.1, 0.15) is 128 Å². The van der Waals surface area contributed by atoms with Crippen LogP contribution in [0.25, 0.3) is 22.3 Å². The Labute approximate surface area is 508 Å². The van der Waals surface area contributed by atoms with E-state index in [1.54, 1.807) is 33.8 Å². The number of carbonyl (C=O) groups excluding carboxylic acids is 8. The Morgan fingerprint density at radius 2 is 1.55 bits per heavy atom. The Hall–Kier alpha value is -7.95. The van der Waals surface area contributed by atoms with Crippen molar-refractivity contribution in [3.63, 3.8) is 0 Å². The van der Waals surface area contributed by atoms with Gasteiger partial charge in [-0.05, 0) is 79.8 Å². The molecule has 2 aromatic carbocycles. The number of aliphatic hydroxyl groups is 1. The van der Waals surface area contributed by atoms with Crippen LogP contribution < -0.4 is 48.9 Å². The topological polar surface area (TPSA) is 371 Å². The second-order valence-corrected chi connectivity index (χ2v) is 22.4. The van der Waals surface area contributed by atoms with Crippen molar-refractivity contribution in [2.45, 2.75) is 130 Å². The summed E-state index contributed by atoms with van der Waals surface area (Å²) < 4.78 is 50.0. The molecule has 27 heteroatoms. The van der Waals surface area contributed by atoms with Gasteiger partial charge in [-0.15, -0.1) is 0 Å². The summed E-state index contributed by atoms with van der Waals surface area (Å²) in [4.78, 5) is 124. The highest BCUT2D eigenvalue weighted by Gasteiger charge is 2.46. The number of Topliss-reactive ketones (excluding diaryl/α,β-unsaturated/α-hetero) is 1. The zero-order chi connectivity index (χ0) is 63.8. The van der Waals surface area contributed by atoms with Crippen LogP contribution in [0, 0.1) is 24.6 Å². The Bertz CT molecular complexity index is 3320. The van der Waals surface area contributed by atoms with Crippen LogP contribution in [-0.2, 0) is 84.2 Å². The van der Waals surface area contributed by atoms with Gasteiger partial charge in [0.15, 0.2) is 5.60 Å². The van der Waals surface area contributed by atoms with Gasteiger partial charge in [0.2, 0.25) is 17.7 Å². The van der Waals surface area contributed by atoms with E-state index in [1.165, 1.54) is 28.8 Å². The molecule has 2 aliphatic heterocycles. The Morgan fingerprint density at radius 1 is 0.864 bits per heavy atom. The van der Waals surface area contributed by atoms with Gasteiger partial charge in [-0.25, -0.2) is 23.8 Å². The van der Waals surface area contributed by atoms with Gasteiger partial charge in [-0.3, -0.25) is 28.8 Å². The first-order chi connectivity index (χ1) is 42.1. The number of nitrogens with two attached hydrogens (primary N) is 2. The number of pyridine rings is 2. The maximum Gasteiger partial charge on any atom is 0.407 e. The summed E-state index contributed by atoms with van der Waals surface area (Å²) >= 11 is 0. The fraction of sp³-hybridized carbons (Fsp3) is 0.541. The van der Waals surface area contributed by atoms with E-state index in [1.807, 2.05) is 13.8 Å². The van der Waals surface area contributed by atoms with Crippen molar-refractivity contribution in [2.24, 2.45) is 23.3 Å². The molecule has 4 atom stereocenters. The molecule has 0 unspecified atom stereocenters. The summed E-state index contributed by atoms with van der Waals surface area (Å²) in [6, 6.07) is 3.33. The van der Waals surface area contributed by atoms with E-state index in [0.29, 0.717) is 91.3 Å². The fourth-order valence-electron chi connectivity index (χ4n) is 10.7.